The number of alkyl halides is 1. The van der Waals surface area contributed by atoms with Gasteiger partial charge in [0.15, 0.2) is 0 Å². The summed E-state index contributed by atoms with van der Waals surface area (Å²) < 4.78 is -0.839. The molecule has 0 unspecified atom stereocenters. The van der Waals surface area contributed by atoms with Crippen molar-refractivity contribution >= 4 is 62.5 Å². The molecule has 3 amide bonds. The minimum absolute atomic E-state index is 0.247. The smallest absolute Gasteiger partial charge is 0.244 e. The van der Waals surface area contributed by atoms with Gasteiger partial charge in [-0.05, 0) is 40.5 Å². The first-order chi connectivity index (χ1) is 16.3. The molecular weight excluding hydrogens is 539 g/mol. The van der Waals surface area contributed by atoms with Crippen LogP contribution < -0.4 is 5.32 Å². The van der Waals surface area contributed by atoms with Crippen LogP contribution in [0.3, 0.4) is 0 Å². The van der Waals surface area contributed by atoms with Crippen LogP contribution in [-0.4, -0.2) is 29.2 Å². The molecule has 0 spiro atoms. The monoisotopic (exact) mass is 554 g/mol. The standard InChI is InChI=1S/C26H17BrCl2N2O3/c27-26-16-7-3-1-5-14(16)21(15-6-2-4-8-17(15)26)22-23(26)25(34)31(24(22)33)12-20(32)30-19-11-13(28)9-10-18(19)29/h1-11,21-23H,12H2,(H,30,32)/t21?,22-,23+,26?/m0/s1. The summed E-state index contributed by atoms with van der Waals surface area (Å²) in [6, 6.07) is 20.6. The van der Waals surface area contributed by atoms with E-state index < -0.39 is 28.6 Å². The molecule has 1 heterocycles. The Hall–Kier alpha value is -2.67. The number of nitrogens with one attached hydrogen (secondary N) is 1. The molecule has 3 aliphatic carbocycles. The average Bonchev–Trinajstić information content (AvgIpc) is 3.08. The highest BCUT2D eigenvalue weighted by atomic mass is 79.9. The number of amides is 3. The third kappa shape index (κ3) is 2.88. The van der Waals surface area contributed by atoms with Gasteiger partial charge in [0.2, 0.25) is 17.7 Å². The first-order valence-electron chi connectivity index (χ1n) is 10.8. The lowest BCUT2D eigenvalue weighted by atomic mass is 9.55. The molecular formula is C26H17BrCl2N2O3. The fraction of sp³-hybridized carbons (Fsp3) is 0.192. The molecule has 8 heteroatoms. The fourth-order valence-corrected chi connectivity index (χ4v) is 7.36. The number of hydrogen-bond donors (Lipinski definition) is 1. The molecule has 7 rings (SSSR count). The van der Waals surface area contributed by atoms with E-state index in [9.17, 15) is 14.4 Å². The minimum Gasteiger partial charge on any atom is -0.323 e. The highest BCUT2D eigenvalue weighted by Gasteiger charge is 2.67. The van der Waals surface area contributed by atoms with Crippen molar-refractivity contribution in [1.82, 2.24) is 4.90 Å². The minimum atomic E-state index is -0.839. The number of carbonyl (C=O) groups excluding carboxylic acids is 3. The van der Waals surface area contributed by atoms with E-state index >= 15 is 0 Å². The second kappa shape index (κ2) is 7.67. The summed E-state index contributed by atoms with van der Waals surface area (Å²) in [5.74, 6) is -2.68. The number of nitrogens with zero attached hydrogens (tertiary/aromatic N) is 1. The first kappa shape index (κ1) is 21.8. The fourth-order valence-electron chi connectivity index (χ4n) is 5.82. The molecule has 0 radical (unpaired) electrons. The molecule has 0 saturated carbocycles. The first-order valence-corrected chi connectivity index (χ1v) is 12.3. The molecule has 2 bridgehead atoms. The van der Waals surface area contributed by atoms with Gasteiger partial charge in [0, 0.05) is 10.9 Å². The summed E-state index contributed by atoms with van der Waals surface area (Å²) >= 11 is 16.1. The van der Waals surface area contributed by atoms with Crippen LogP contribution in [-0.2, 0) is 18.7 Å². The van der Waals surface area contributed by atoms with Crippen LogP contribution in [0.5, 0.6) is 0 Å². The summed E-state index contributed by atoms with van der Waals surface area (Å²) in [5.41, 5.74) is 4.40. The molecule has 5 nitrogen and oxygen atoms in total. The van der Waals surface area contributed by atoms with Gasteiger partial charge in [0.25, 0.3) is 0 Å². The number of rotatable bonds is 3. The van der Waals surface area contributed by atoms with Crippen LogP contribution in [0.15, 0.2) is 66.7 Å². The molecule has 3 aromatic rings. The van der Waals surface area contributed by atoms with Crippen LogP contribution in [0.4, 0.5) is 5.69 Å². The van der Waals surface area contributed by atoms with Gasteiger partial charge in [-0.25, -0.2) is 0 Å². The van der Waals surface area contributed by atoms with Gasteiger partial charge in [-0.2, -0.15) is 0 Å². The van der Waals surface area contributed by atoms with Crippen molar-refractivity contribution < 1.29 is 14.4 Å². The van der Waals surface area contributed by atoms with E-state index in [-0.39, 0.29) is 17.7 Å². The second-order valence-corrected chi connectivity index (χ2v) is 10.9. The molecule has 1 fully saturated rings. The maximum absolute atomic E-state index is 13.7. The summed E-state index contributed by atoms with van der Waals surface area (Å²) in [6.45, 7) is -0.393. The van der Waals surface area contributed by atoms with Gasteiger partial charge in [-0.3, -0.25) is 19.3 Å². The Labute approximate surface area is 214 Å². The number of benzene rings is 3. The summed E-state index contributed by atoms with van der Waals surface area (Å²) in [7, 11) is 0. The number of imide groups is 1. The molecule has 1 N–H and O–H groups in total. The zero-order chi connectivity index (χ0) is 23.8. The van der Waals surface area contributed by atoms with Crippen LogP contribution in [0.2, 0.25) is 10.0 Å². The van der Waals surface area contributed by atoms with Crippen molar-refractivity contribution in [1.29, 1.82) is 0 Å². The molecule has 1 aliphatic heterocycles. The van der Waals surface area contributed by atoms with Crippen molar-refractivity contribution in [2.45, 2.75) is 10.2 Å². The van der Waals surface area contributed by atoms with Crippen molar-refractivity contribution in [3.63, 3.8) is 0 Å². The summed E-state index contributed by atoms with van der Waals surface area (Å²) in [4.78, 5) is 41.3. The largest absolute Gasteiger partial charge is 0.323 e. The predicted molar refractivity (Wildman–Crippen MR) is 133 cm³/mol. The topological polar surface area (TPSA) is 66.5 Å². The van der Waals surface area contributed by atoms with Gasteiger partial charge in [0.05, 0.1) is 26.9 Å². The summed E-state index contributed by atoms with van der Waals surface area (Å²) in [6.07, 6.45) is 0. The number of halogens is 3. The number of carbonyl (C=O) groups is 3. The predicted octanol–water partition coefficient (Wildman–Crippen LogP) is 5.33. The lowest BCUT2D eigenvalue weighted by Gasteiger charge is -2.51. The normalized spacial score (nSPS) is 26.2. The molecule has 4 aliphatic rings. The van der Waals surface area contributed by atoms with Gasteiger partial charge >= 0.3 is 0 Å². The zero-order valence-electron chi connectivity index (χ0n) is 17.6. The summed E-state index contributed by atoms with van der Waals surface area (Å²) in [5, 5.41) is 3.39. The Morgan fingerprint density at radius 1 is 0.941 bits per heavy atom. The van der Waals surface area contributed by atoms with E-state index in [2.05, 4.69) is 21.2 Å². The number of anilines is 1. The Bertz CT molecular complexity index is 1360. The third-order valence-electron chi connectivity index (χ3n) is 7.11. The highest BCUT2D eigenvalue weighted by molar-refractivity contribution is 9.09. The number of hydrogen-bond acceptors (Lipinski definition) is 3. The van der Waals surface area contributed by atoms with Crippen LogP contribution in [0.1, 0.15) is 28.2 Å². The average molecular weight is 556 g/mol. The number of likely N-dealkylation sites (tertiary alicyclic amines) is 1. The van der Waals surface area contributed by atoms with Gasteiger partial charge in [-0.15, -0.1) is 0 Å². The van der Waals surface area contributed by atoms with Crippen molar-refractivity contribution in [3.8, 4) is 0 Å². The maximum Gasteiger partial charge on any atom is 0.244 e. The van der Waals surface area contributed by atoms with Gasteiger partial charge < -0.3 is 5.32 Å². The van der Waals surface area contributed by atoms with E-state index in [1.54, 1.807) is 12.1 Å². The van der Waals surface area contributed by atoms with E-state index in [0.29, 0.717) is 15.7 Å². The van der Waals surface area contributed by atoms with Crippen LogP contribution in [0.25, 0.3) is 0 Å². The van der Waals surface area contributed by atoms with Crippen LogP contribution >= 0.6 is 39.1 Å². The molecule has 2 atom stereocenters. The molecule has 3 aromatic carbocycles. The van der Waals surface area contributed by atoms with Crippen molar-refractivity contribution in [2.75, 3.05) is 11.9 Å². The lowest BCUT2D eigenvalue weighted by molar-refractivity contribution is -0.142. The Balaban J connectivity index is 1.38. The maximum atomic E-state index is 13.7. The highest BCUT2D eigenvalue weighted by Crippen LogP contribution is 2.66. The third-order valence-corrected chi connectivity index (χ3v) is 9.02. The molecule has 1 saturated heterocycles. The van der Waals surface area contributed by atoms with E-state index in [1.165, 1.54) is 6.07 Å². The van der Waals surface area contributed by atoms with E-state index in [0.717, 1.165) is 27.2 Å². The molecule has 170 valence electrons. The lowest BCUT2D eigenvalue weighted by Crippen LogP contribution is -2.50. The van der Waals surface area contributed by atoms with Crippen molar-refractivity contribution in [3.05, 3.63) is 99.0 Å². The van der Waals surface area contributed by atoms with Gasteiger partial charge in [-0.1, -0.05) is 87.7 Å². The SMILES string of the molecule is O=C(CN1C(=O)[C@H]2C3c4ccccc4C(Br)(c4ccccc43)[C@H]2C1=O)Nc1cc(Cl)ccc1Cl. The van der Waals surface area contributed by atoms with Gasteiger partial charge in [0.1, 0.15) is 6.54 Å². The Kier molecular flexibility index (Phi) is 4.93. The Morgan fingerprint density at radius 2 is 1.56 bits per heavy atom. The van der Waals surface area contributed by atoms with Crippen molar-refractivity contribution in [2.24, 2.45) is 11.8 Å². The van der Waals surface area contributed by atoms with E-state index in [1.807, 2.05) is 48.5 Å². The second-order valence-electron chi connectivity index (χ2n) is 8.80. The van der Waals surface area contributed by atoms with Crippen LogP contribution in [0, 0.1) is 11.8 Å². The molecule has 34 heavy (non-hydrogen) atoms. The Morgan fingerprint density at radius 3 is 2.21 bits per heavy atom. The van der Waals surface area contributed by atoms with E-state index in [4.69, 9.17) is 23.2 Å². The zero-order valence-corrected chi connectivity index (χ0v) is 20.7. The molecule has 0 aromatic heterocycles. The quantitative estimate of drug-likeness (QED) is 0.351.